The Morgan fingerprint density at radius 3 is 2.59 bits per heavy atom. The maximum atomic E-state index is 9.80. The van der Waals surface area contributed by atoms with Gasteiger partial charge in [0.2, 0.25) is 5.88 Å². The smallest absolute Gasteiger partial charge is 0.205 e. The molecule has 2 aliphatic heterocycles. The molecule has 2 heterocycles. The quantitative estimate of drug-likeness (QED) is 0.740. The minimum atomic E-state index is -0.354. The summed E-state index contributed by atoms with van der Waals surface area (Å²) in [6.07, 6.45) is 2.39. The highest BCUT2D eigenvalue weighted by Gasteiger charge is 2.32. The molecule has 2 aromatic carbocycles. The van der Waals surface area contributed by atoms with E-state index in [0.717, 1.165) is 34.4 Å². The largest absolute Gasteiger partial charge is 0.493 e. The Labute approximate surface area is 178 Å². The Morgan fingerprint density at radius 2 is 1.93 bits per heavy atom. The second-order valence-corrected chi connectivity index (χ2v) is 7.93. The molecule has 1 atom stereocenters. The SMILES string of the molecule is COc1cc(C2C(C#N)=C(N)Oc3cc(N4CCCC4)ccc32)cc(Br)c1OC. The number of fused-ring (bicyclic) bond motifs is 1. The van der Waals surface area contributed by atoms with Crippen LogP contribution >= 0.6 is 15.9 Å². The second kappa shape index (κ2) is 7.88. The number of halogens is 1. The lowest BCUT2D eigenvalue weighted by Gasteiger charge is -2.28. The van der Waals surface area contributed by atoms with Crippen molar-refractivity contribution in [1.29, 1.82) is 5.26 Å². The summed E-state index contributed by atoms with van der Waals surface area (Å²) < 4.78 is 17.5. The molecular formula is C22H22BrN3O3. The fourth-order valence-electron chi connectivity index (χ4n) is 4.06. The second-order valence-electron chi connectivity index (χ2n) is 7.08. The van der Waals surface area contributed by atoms with E-state index in [-0.39, 0.29) is 11.8 Å². The minimum Gasteiger partial charge on any atom is -0.493 e. The molecule has 0 bridgehead atoms. The van der Waals surface area contributed by atoms with Crippen LogP contribution in [0.5, 0.6) is 17.2 Å². The standard InChI is InChI=1S/C22H22BrN3O3/c1-27-19-10-13(9-17(23)21(19)28-2)20-15-6-5-14(26-7-3-4-8-26)11-18(15)29-22(25)16(20)12-24/h5-6,9-11,20H,3-4,7-8,25H2,1-2H3. The van der Waals surface area contributed by atoms with Gasteiger partial charge in [-0.05, 0) is 52.5 Å². The Morgan fingerprint density at radius 1 is 1.17 bits per heavy atom. The lowest BCUT2D eigenvalue weighted by atomic mass is 9.83. The van der Waals surface area contributed by atoms with Gasteiger partial charge in [0.05, 0.1) is 24.6 Å². The molecular weight excluding hydrogens is 434 g/mol. The summed E-state index contributed by atoms with van der Waals surface area (Å²) >= 11 is 3.55. The highest BCUT2D eigenvalue weighted by molar-refractivity contribution is 9.10. The van der Waals surface area contributed by atoms with Crippen LogP contribution in [0.3, 0.4) is 0 Å². The number of nitrogens with zero attached hydrogens (tertiary/aromatic N) is 2. The van der Waals surface area contributed by atoms with Crippen LogP contribution in [0.4, 0.5) is 5.69 Å². The number of allylic oxidation sites excluding steroid dienone is 1. The lowest BCUT2D eigenvalue weighted by molar-refractivity contribution is 0.352. The Hall–Kier alpha value is -2.85. The van der Waals surface area contributed by atoms with E-state index in [1.807, 2.05) is 24.3 Å². The number of methoxy groups -OCH3 is 2. The normalized spacial score (nSPS) is 18.1. The molecule has 150 valence electrons. The molecule has 2 aromatic rings. The van der Waals surface area contributed by atoms with Gasteiger partial charge in [0.25, 0.3) is 0 Å². The van der Waals surface area contributed by atoms with Crippen LogP contribution in [-0.2, 0) is 0 Å². The van der Waals surface area contributed by atoms with E-state index in [9.17, 15) is 5.26 Å². The fraction of sp³-hybridized carbons (Fsp3) is 0.318. The van der Waals surface area contributed by atoms with Gasteiger partial charge in [-0.3, -0.25) is 0 Å². The monoisotopic (exact) mass is 455 g/mol. The lowest BCUT2D eigenvalue weighted by Crippen LogP contribution is -2.22. The van der Waals surface area contributed by atoms with Gasteiger partial charge in [-0.25, -0.2) is 0 Å². The van der Waals surface area contributed by atoms with E-state index in [1.54, 1.807) is 14.2 Å². The number of nitrogens with two attached hydrogens (primary N) is 1. The molecule has 0 aromatic heterocycles. The number of nitriles is 1. The number of hydrogen-bond donors (Lipinski definition) is 1. The van der Waals surface area contributed by atoms with Gasteiger partial charge in [0.15, 0.2) is 11.5 Å². The molecule has 0 spiro atoms. The van der Waals surface area contributed by atoms with E-state index < -0.39 is 0 Å². The molecule has 4 rings (SSSR count). The summed E-state index contributed by atoms with van der Waals surface area (Å²) in [7, 11) is 3.17. The predicted octanol–water partition coefficient (Wildman–Crippen LogP) is 4.28. The Balaban J connectivity index is 1.85. The van der Waals surface area contributed by atoms with Crippen molar-refractivity contribution in [2.24, 2.45) is 5.73 Å². The first-order valence-corrected chi connectivity index (χ1v) is 10.2. The summed E-state index contributed by atoms with van der Waals surface area (Å²) in [5.74, 6) is 1.64. The molecule has 7 heteroatoms. The highest BCUT2D eigenvalue weighted by atomic mass is 79.9. The number of benzene rings is 2. The molecule has 0 saturated carbocycles. The maximum absolute atomic E-state index is 9.80. The summed E-state index contributed by atoms with van der Waals surface area (Å²) in [4.78, 5) is 2.34. The zero-order valence-corrected chi connectivity index (χ0v) is 18.0. The molecule has 2 N–H and O–H groups in total. The first-order chi connectivity index (χ1) is 14.1. The predicted molar refractivity (Wildman–Crippen MR) is 114 cm³/mol. The third-order valence-electron chi connectivity index (χ3n) is 5.46. The first kappa shape index (κ1) is 19.5. The number of anilines is 1. The molecule has 2 aliphatic rings. The summed E-state index contributed by atoms with van der Waals surface area (Å²) in [5.41, 5.74) is 9.42. The van der Waals surface area contributed by atoms with Crippen molar-refractivity contribution >= 4 is 21.6 Å². The van der Waals surface area contributed by atoms with Gasteiger partial charge >= 0.3 is 0 Å². The third kappa shape index (κ3) is 3.38. The van der Waals surface area contributed by atoms with Crippen molar-refractivity contribution in [3.63, 3.8) is 0 Å². The van der Waals surface area contributed by atoms with Crippen molar-refractivity contribution in [2.75, 3.05) is 32.2 Å². The van der Waals surface area contributed by atoms with Gasteiger partial charge in [-0.15, -0.1) is 0 Å². The fourth-order valence-corrected chi connectivity index (χ4v) is 4.69. The minimum absolute atomic E-state index is 0.134. The highest BCUT2D eigenvalue weighted by Crippen LogP contribution is 2.47. The van der Waals surface area contributed by atoms with E-state index in [4.69, 9.17) is 19.9 Å². The van der Waals surface area contributed by atoms with Crippen LogP contribution in [0.25, 0.3) is 0 Å². The van der Waals surface area contributed by atoms with Gasteiger partial charge in [-0.1, -0.05) is 6.07 Å². The molecule has 0 aliphatic carbocycles. The Bertz CT molecular complexity index is 1020. The first-order valence-electron chi connectivity index (χ1n) is 9.45. The average Bonchev–Trinajstić information content (AvgIpc) is 3.26. The molecule has 0 amide bonds. The molecule has 0 radical (unpaired) electrons. The van der Waals surface area contributed by atoms with Crippen molar-refractivity contribution in [1.82, 2.24) is 0 Å². The zero-order valence-electron chi connectivity index (χ0n) is 16.4. The van der Waals surface area contributed by atoms with Gasteiger partial charge in [0, 0.05) is 30.4 Å². The molecule has 1 saturated heterocycles. The summed E-state index contributed by atoms with van der Waals surface area (Å²) in [6, 6.07) is 12.2. The topological polar surface area (TPSA) is 80.7 Å². The van der Waals surface area contributed by atoms with Crippen LogP contribution in [0.15, 0.2) is 46.3 Å². The molecule has 6 nitrogen and oxygen atoms in total. The van der Waals surface area contributed by atoms with Crippen LogP contribution in [-0.4, -0.2) is 27.3 Å². The van der Waals surface area contributed by atoms with Gasteiger partial charge < -0.3 is 24.8 Å². The van der Waals surface area contributed by atoms with Crippen molar-refractivity contribution in [2.45, 2.75) is 18.8 Å². The van der Waals surface area contributed by atoms with Crippen molar-refractivity contribution < 1.29 is 14.2 Å². The summed E-state index contributed by atoms with van der Waals surface area (Å²) in [5, 5.41) is 9.80. The average molecular weight is 456 g/mol. The van der Waals surface area contributed by atoms with E-state index in [2.05, 4.69) is 33.0 Å². The maximum Gasteiger partial charge on any atom is 0.205 e. The third-order valence-corrected chi connectivity index (χ3v) is 6.05. The van der Waals surface area contributed by atoms with E-state index in [1.165, 1.54) is 12.8 Å². The van der Waals surface area contributed by atoms with Crippen LogP contribution < -0.4 is 24.8 Å². The van der Waals surface area contributed by atoms with Gasteiger partial charge in [-0.2, -0.15) is 5.26 Å². The number of ether oxygens (including phenoxy) is 3. The Kier molecular flexibility index (Phi) is 5.29. The molecule has 29 heavy (non-hydrogen) atoms. The number of hydrogen-bond acceptors (Lipinski definition) is 6. The van der Waals surface area contributed by atoms with Crippen LogP contribution in [0.1, 0.15) is 29.9 Å². The zero-order chi connectivity index (χ0) is 20.5. The van der Waals surface area contributed by atoms with Crippen molar-refractivity contribution in [3.05, 3.63) is 57.4 Å². The van der Waals surface area contributed by atoms with Crippen molar-refractivity contribution in [3.8, 4) is 23.3 Å². The van der Waals surface area contributed by atoms with Gasteiger partial charge in [0.1, 0.15) is 17.4 Å². The van der Waals surface area contributed by atoms with E-state index in [0.29, 0.717) is 22.8 Å². The summed E-state index contributed by atoms with van der Waals surface area (Å²) in [6.45, 7) is 2.08. The van der Waals surface area contributed by atoms with Crippen LogP contribution in [0, 0.1) is 11.3 Å². The molecule has 1 unspecified atom stereocenters. The van der Waals surface area contributed by atoms with E-state index >= 15 is 0 Å². The molecule has 1 fully saturated rings. The number of rotatable bonds is 4. The van der Waals surface area contributed by atoms with Crippen LogP contribution in [0.2, 0.25) is 0 Å².